The Morgan fingerprint density at radius 2 is 1.21 bits per heavy atom. The molecule has 2 heteroatoms. The van der Waals surface area contributed by atoms with Gasteiger partial charge in [0.15, 0.2) is 0 Å². The van der Waals surface area contributed by atoms with Crippen molar-refractivity contribution in [1.29, 1.82) is 0 Å². The van der Waals surface area contributed by atoms with Crippen LogP contribution in [0.5, 0.6) is 0 Å². The van der Waals surface area contributed by atoms with Crippen molar-refractivity contribution in [2.24, 2.45) is 0 Å². The summed E-state index contributed by atoms with van der Waals surface area (Å²) in [7, 11) is 0. The van der Waals surface area contributed by atoms with E-state index < -0.39 is 0 Å². The zero-order valence-electron chi connectivity index (χ0n) is 12.0. The third-order valence-corrected chi connectivity index (χ3v) is 4.95. The number of hydrogen-bond acceptors (Lipinski definition) is 1. The maximum absolute atomic E-state index is 3.48. The maximum atomic E-state index is 3.48. The summed E-state index contributed by atoms with van der Waals surface area (Å²) in [5, 5.41) is 1.17. The Kier molecular flexibility index (Phi) is 11.7. The molecule has 0 aliphatic carbocycles. The average molecular weight is 343 g/mol. The van der Waals surface area contributed by atoms with E-state index in [0.29, 0.717) is 0 Å². The van der Waals surface area contributed by atoms with E-state index in [1.807, 2.05) is 11.8 Å². The molecule has 0 N–H and O–H groups in total. The molecule has 0 saturated heterocycles. The first-order valence-corrected chi connectivity index (χ1v) is 9.78. The number of hydrogen-bond donors (Lipinski definition) is 0. The van der Waals surface area contributed by atoms with Crippen LogP contribution in [0.1, 0.15) is 57.8 Å². The Balaban J connectivity index is 1.79. The van der Waals surface area contributed by atoms with Gasteiger partial charge in [0.05, 0.1) is 0 Å². The summed E-state index contributed by atoms with van der Waals surface area (Å²) in [5.41, 5.74) is 0. The van der Waals surface area contributed by atoms with E-state index >= 15 is 0 Å². The number of halogens is 1. The molecule has 0 heterocycles. The molecular weight excluding hydrogens is 316 g/mol. The van der Waals surface area contributed by atoms with Gasteiger partial charge in [0.2, 0.25) is 0 Å². The molecule has 0 aliphatic heterocycles. The molecule has 0 amide bonds. The van der Waals surface area contributed by atoms with E-state index in [1.54, 1.807) is 0 Å². The van der Waals surface area contributed by atoms with Gasteiger partial charge in [-0.25, -0.2) is 0 Å². The van der Waals surface area contributed by atoms with Crippen LogP contribution >= 0.6 is 27.7 Å². The fourth-order valence-corrected chi connectivity index (χ4v) is 3.47. The summed E-state index contributed by atoms with van der Waals surface area (Å²) in [6, 6.07) is 10.7. The molecule has 0 fully saturated rings. The Bertz CT molecular complexity index is 287. The van der Waals surface area contributed by atoms with Crippen molar-refractivity contribution in [3.8, 4) is 0 Å². The van der Waals surface area contributed by atoms with Gasteiger partial charge in [0.25, 0.3) is 0 Å². The molecule has 1 aromatic rings. The van der Waals surface area contributed by atoms with Gasteiger partial charge < -0.3 is 0 Å². The van der Waals surface area contributed by atoms with Crippen LogP contribution in [0.15, 0.2) is 35.2 Å². The second-order valence-electron chi connectivity index (χ2n) is 5.03. The summed E-state index contributed by atoms with van der Waals surface area (Å²) >= 11 is 5.48. The van der Waals surface area contributed by atoms with Crippen LogP contribution in [0.3, 0.4) is 0 Å². The molecule has 0 bridgehead atoms. The first kappa shape index (κ1) is 17.1. The first-order chi connectivity index (χ1) is 9.43. The fourth-order valence-electron chi connectivity index (χ4n) is 2.14. The molecule has 0 radical (unpaired) electrons. The topological polar surface area (TPSA) is 0 Å². The lowest BCUT2D eigenvalue weighted by Gasteiger charge is -2.03. The summed E-state index contributed by atoms with van der Waals surface area (Å²) in [5.74, 6) is 1.27. The fraction of sp³-hybridized carbons (Fsp3) is 0.647. The smallest absolute Gasteiger partial charge is 0.00719 e. The van der Waals surface area contributed by atoms with E-state index in [2.05, 4.69) is 46.3 Å². The summed E-state index contributed by atoms with van der Waals surface area (Å²) < 4.78 is 0. The minimum atomic E-state index is 1.17. The molecule has 0 atom stereocenters. The second kappa shape index (κ2) is 13.1. The van der Waals surface area contributed by atoms with Crippen molar-refractivity contribution < 1.29 is 0 Å². The molecule has 0 saturated carbocycles. The predicted molar refractivity (Wildman–Crippen MR) is 92.5 cm³/mol. The number of thioether (sulfide) groups is 1. The Morgan fingerprint density at radius 3 is 1.79 bits per heavy atom. The zero-order valence-corrected chi connectivity index (χ0v) is 14.4. The van der Waals surface area contributed by atoms with Gasteiger partial charge >= 0.3 is 0 Å². The van der Waals surface area contributed by atoms with E-state index in [-0.39, 0.29) is 0 Å². The van der Waals surface area contributed by atoms with Crippen molar-refractivity contribution >= 4 is 27.7 Å². The van der Waals surface area contributed by atoms with Crippen molar-refractivity contribution in [2.45, 2.75) is 62.7 Å². The molecular formula is C17H27BrS. The van der Waals surface area contributed by atoms with Crippen LogP contribution in [-0.2, 0) is 0 Å². The standard InChI is InChI=1S/C17H27BrS/c18-15-11-6-4-2-1-3-5-7-12-16-19-17-13-9-8-10-14-17/h8-10,13-14H,1-7,11-12,15-16H2. The van der Waals surface area contributed by atoms with E-state index in [1.165, 1.54) is 73.8 Å². The van der Waals surface area contributed by atoms with Gasteiger partial charge in [-0.15, -0.1) is 11.8 Å². The van der Waals surface area contributed by atoms with Crippen molar-refractivity contribution in [2.75, 3.05) is 11.1 Å². The SMILES string of the molecule is BrCCCCCCCCCCCSc1ccccc1. The molecule has 0 aliphatic rings. The van der Waals surface area contributed by atoms with Gasteiger partial charge in [-0.2, -0.15) is 0 Å². The minimum absolute atomic E-state index is 1.17. The van der Waals surface area contributed by atoms with Gasteiger partial charge in [-0.3, -0.25) is 0 Å². The number of rotatable bonds is 12. The van der Waals surface area contributed by atoms with Crippen LogP contribution in [0.25, 0.3) is 0 Å². The number of alkyl halides is 1. The van der Waals surface area contributed by atoms with Crippen LogP contribution in [-0.4, -0.2) is 11.1 Å². The normalized spacial score (nSPS) is 10.8. The molecule has 0 nitrogen and oxygen atoms in total. The third kappa shape index (κ3) is 10.5. The highest BCUT2D eigenvalue weighted by molar-refractivity contribution is 9.09. The number of unbranched alkanes of at least 4 members (excludes halogenated alkanes) is 8. The molecule has 108 valence electrons. The highest BCUT2D eigenvalue weighted by Gasteiger charge is 1.94. The lowest BCUT2D eigenvalue weighted by Crippen LogP contribution is -1.84. The quantitative estimate of drug-likeness (QED) is 0.232. The molecule has 0 unspecified atom stereocenters. The Morgan fingerprint density at radius 1 is 0.684 bits per heavy atom. The van der Waals surface area contributed by atoms with Crippen molar-refractivity contribution in [3.05, 3.63) is 30.3 Å². The van der Waals surface area contributed by atoms with Gasteiger partial charge in [0, 0.05) is 10.2 Å². The second-order valence-corrected chi connectivity index (χ2v) is 6.99. The summed E-state index contributed by atoms with van der Waals surface area (Å²) in [4.78, 5) is 1.41. The highest BCUT2D eigenvalue weighted by atomic mass is 79.9. The van der Waals surface area contributed by atoms with E-state index in [9.17, 15) is 0 Å². The Hall–Kier alpha value is 0.0500. The molecule has 0 spiro atoms. The van der Waals surface area contributed by atoms with Gasteiger partial charge in [-0.05, 0) is 30.7 Å². The Labute approximate surface area is 131 Å². The van der Waals surface area contributed by atoms with Gasteiger partial charge in [-0.1, -0.05) is 79.1 Å². The van der Waals surface area contributed by atoms with Crippen LogP contribution < -0.4 is 0 Å². The minimum Gasteiger partial charge on any atom is -0.126 e. The van der Waals surface area contributed by atoms with Crippen LogP contribution in [0.2, 0.25) is 0 Å². The predicted octanol–water partition coefficient (Wildman–Crippen LogP) is 6.68. The molecule has 1 aromatic carbocycles. The van der Waals surface area contributed by atoms with E-state index in [0.717, 1.165) is 0 Å². The lowest BCUT2D eigenvalue weighted by atomic mass is 10.1. The molecule has 19 heavy (non-hydrogen) atoms. The van der Waals surface area contributed by atoms with Crippen molar-refractivity contribution in [3.63, 3.8) is 0 Å². The van der Waals surface area contributed by atoms with Crippen LogP contribution in [0, 0.1) is 0 Å². The van der Waals surface area contributed by atoms with Gasteiger partial charge in [0.1, 0.15) is 0 Å². The summed E-state index contributed by atoms with van der Waals surface area (Å²) in [6.07, 6.45) is 12.7. The monoisotopic (exact) mass is 342 g/mol. The lowest BCUT2D eigenvalue weighted by molar-refractivity contribution is 0.574. The zero-order chi connectivity index (χ0) is 13.6. The largest absolute Gasteiger partial charge is 0.126 e. The maximum Gasteiger partial charge on any atom is 0.00719 e. The molecule has 0 aromatic heterocycles. The number of benzene rings is 1. The van der Waals surface area contributed by atoms with Crippen LogP contribution in [0.4, 0.5) is 0 Å². The molecule has 1 rings (SSSR count). The average Bonchev–Trinajstić information content (AvgIpc) is 2.46. The summed E-state index contributed by atoms with van der Waals surface area (Å²) in [6.45, 7) is 0. The van der Waals surface area contributed by atoms with Crippen molar-refractivity contribution in [1.82, 2.24) is 0 Å². The highest BCUT2D eigenvalue weighted by Crippen LogP contribution is 2.19. The third-order valence-electron chi connectivity index (χ3n) is 3.29. The van der Waals surface area contributed by atoms with E-state index in [4.69, 9.17) is 0 Å². The first-order valence-electron chi connectivity index (χ1n) is 7.67.